The van der Waals surface area contributed by atoms with Crippen molar-refractivity contribution >= 4 is 25.7 Å². The average molecular weight is 979 g/mol. The zero-order valence-corrected chi connectivity index (χ0v) is 44.2. The number of rotatable bonds is 50. The van der Waals surface area contributed by atoms with Crippen LogP contribution in [0, 0.1) is 0 Å². The smallest absolute Gasteiger partial charge is 0.462 e. The van der Waals surface area contributed by atoms with Gasteiger partial charge in [0.1, 0.15) is 12.7 Å². The molecular weight excluding hydrogens is 880 g/mol. The highest BCUT2D eigenvalue weighted by atomic mass is 31.2. The summed E-state index contributed by atoms with van der Waals surface area (Å²) in [4.78, 5) is 48.4. The highest BCUT2D eigenvalue weighted by Gasteiger charge is 2.28. The average Bonchev–Trinajstić information content (AvgIpc) is 3.32. The van der Waals surface area contributed by atoms with Crippen LogP contribution in [-0.2, 0) is 42.2 Å². The third kappa shape index (κ3) is 48.2. The van der Waals surface area contributed by atoms with Crippen molar-refractivity contribution in [3.05, 3.63) is 60.8 Å². The van der Waals surface area contributed by atoms with Gasteiger partial charge in [-0.1, -0.05) is 204 Å². The third-order valence-corrected chi connectivity index (χ3v) is 12.4. The van der Waals surface area contributed by atoms with Gasteiger partial charge in [-0.05, 0) is 77.0 Å². The number of ether oxygens (including phenoxy) is 3. The first kappa shape index (κ1) is 65.2. The highest BCUT2D eigenvalue weighted by molar-refractivity contribution is 7.47. The van der Waals surface area contributed by atoms with Crippen LogP contribution >= 0.6 is 7.82 Å². The molecule has 3 unspecified atom stereocenters. The Balaban J connectivity index is 4.76. The number of allylic oxidation sites excluding steroid dienone is 10. The molecule has 0 aliphatic heterocycles. The molecule has 0 saturated carbocycles. The molecule has 394 valence electrons. The maximum absolute atomic E-state index is 12.9. The first-order valence-corrected chi connectivity index (χ1v) is 28.7. The number of aliphatic hydroxyl groups is 1. The van der Waals surface area contributed by atoms with Crippen LogP contribution in [0.2, 0.25) is 0 Å². The lowest BCUT2D eigenvalue weighted by Crippen LogP contribution is -2.30. The van der Waals surface area contributed by atoms with Crippen molar-refractivity contribution in [2.45, 2.75) is 251 Å². The fourth-order valence-corrected chi connectivity index (χ4v) is 8.07. The van der Waals surface area contributed by atoms with E-state index in [-0.39, 0.29) is 25.9 Å². The summed E-state index contributed by atoms with van der Waals surface area (Å²) in [6.07, 6.45) is 53.2. The van der Waals surface area contributed by atoms with E-state index in [1.54, 1.807) is 0 Å². The summed E-state index contributed by atoms with van der Waals surface area (Å²) in [6, 6.07) is 0. The fourth-order valence-electron chi connectivity index (χ4n) is 7.29. The van der Waals surface area contributed by atoms with Gasteiger partial charge in [-0.25, -0.2) is 4.57 Å². The molecule has 0 aliphatic carbocycles. The summed E-state index contributed by atoms with van der Waals surface area (Å²) >= 11 is 0. The van der Waals surface area contributed by atoms with Crippen LogP contribution < -0.4 is 0 Å². The van der Waals surface area contributed by atoms with Gasteiger partial charge < -0.3 is 24.2 Å². The van der Waals surface area contributed by atoms with E-state index < -0.39 is 57.8 Å². The Morgan fingerprint density at radius 1 is 0.426 bits per heavy atom. The fraction of sp³-hybridized carbons (Fsp3) is 0.768. The molecule has 0 aromatic heterocycles. The molecule has 0 aromatic rings. The van der Waals surface area contributed by atoms with Gasteiger partial charge in [-0.2, -0.15) is 0 Å². The van der Waals surface area contributed by atoms with Crippen LogP contribution in [0.25, 0.3) is 0 Å². The first-order chi connectivity index (χ1) is 33.2. The molecule has 0 spiro atoms. The lowest BCUT2D eigenvalue weighted by atomic mass is 10.0. The summed E-state index contributed by atoms with van der Waals surface area (Å²) in [5, 5.41) is 9.78. The Labute approximate surface area is 415 Å². The molecule has 0 aromatic carbocycles. The summed E-state index contributed by atoms with van der Waals surface area (Å²) in [5.74, 6) is -1.49. The van der Waals surface area contributed by atoms with Crippen molar-refractivity contribution in [3.63, 3.8) is 0 Å². The van der Waals surface area contributed by atoms with Gasteiger partial charge in [-0.15, -0.1) is 0 Å². The predicted molar refractivity (Wildman–Crippen MR) is 279 cm³/mol. The summed E-state index contributed by atoms with van der Waals surface area (Å²) in [5.41, 5.74) is 0. The summed E-state index contributed by atoms with van der Waals surface area (Å²) in [6.45, 7) is 4.43. The third-order valence-electron chi connectivity index (χ3n) is 11.4. The lowest BCUT2D eigenvalue weighted by Gasteiger charge is -2.21. The quantitative estimate of drug-likeness (QED) is 0.0197. The van der Waals surface area contributed by atoms with Crippen molar-refractivity contribution in [1.82, 2.24) is 0 Å². The van der Waals surface area contributed by atoms with Crippen LogP contribution in [0.4, 0.5) is 0 Å². The Kier molecular flexibility index (Phi) is 48.5. The number of phosphoric ester groups is 1. The molecule has 2 N–H and O–H groups in total. The van der Waals surface area contributed by atoms with Crippen LogP contribution in [0.3, 0.4) is 0 Å². The second-order valence-corrected chi connectivity index (χ2v) is 19.5. The van der Waals surface area contributed by atoms with E-state index in [0.29, 0.717) is 19.3 Å². The minimum Gasteiger partial charge on any atom is -0.462 e. The molecular formula is C56H99O11P. The number of carbonyl (C=O) groups excluding carboxylic acids is 3. The second kappa shape index (κ2) is 50.6. The van der Waals surface area contributed by atoms with Crippen LogP contribution in [-0.4, -0.2) is 66.5 Å². The normalized spacial score (nSPS) is 13.9. The standard InChI is InChI=1S/C56H99O11P/c1-4-7-10-13-16-19-22-25-26-29-32-35-38-41-44-47-56(60)67-53(49-63-54(58)45-42-39-36-33-30-27-23-20-17-14-11-8-5-2)51-65-68(61,62)64-50-52(48-57)66-55(59)46-43-40-37-34-31-28-24-21-18-15-12-9-6-3/h7,10,12,15-16,19,21,24-26,52-53,57H,4-6,8-9,11,13-14,17-18,20,22-23,27-51H2,1-3H3,(H,61,62)/b10-7-,15-12-,19-16-,24-21-,26-25-. The molecule has 0 amide bonds. The number of hydrogen-bond donors (Lipinski definition) is 2. The molecule has 0 saturated heterocycles. The van der Waals surface area contributed by atoms with E-state index in [1.165, 1.54) is 64.2 Å². The molecule has 12 heteroatoms. The molecule has 68 heavy (non-hydrogen) atoms. The number of esters is 3. The molecule has 3 atom stereocenters. The molecule has 0 radical (unpaired) electrons. The van der Waals surface area contributed by atoms with Crippen molar-refractivity contribution < 1.29 is 52.2 Å². The minimum atomic E-state index is -4.75. The van der Waals surface area contributed by atoms with E-state index >= 15 is 0 Å². The van der Waals surface area contributed by atoms with Crippen LogP contribution in [0.1, 0.15) is 239 Å². The van der Waals surface area contributed by atoms with Gasteiger partial charge in [0.2, 0.25) is 0 Å². The van der Waals surface area contributed by atoms with Crippen molar-refractivity contribution in [3.8, 4) is 0 Å². The summed E-state index contributed by atoms with van der Waals surface area (Å²) < 4.78 is 39.4. The zero-order valence-electron chi connectivity index (χ0n) is 43.3. The molecule has 0 rings (SSSR count). The van der Waals surface area contributed by atoms with E-state index in [0.717, 1.165) is 116 Å². The zero-order chi connectivity index (χ0) is 49.9. The SMILES string of the molecule is CC/C=C\C/C=C\C/C=C\CCCCCCCC(=O)OC(COC(=O)CCCCCCCCCCCCCCC)COP(=O)(O)OCC(CO)OC(=O)CCCCCCC/C=C\C/C=C\CCC. The van der Waals surface area contributed by atoms with Crippen LogP contribution in [0.5, 0.6) is 0 Å². The molecule has 0 fully saturated rings. The molecule has 0 heterocycles. The number of aliphatic hydroxyl groups excluding tert-OH is 1. The van der Waals surface area contributed by atoms with E-state index in [2.05, 4.69) is 81.5 Å². The van der Waals surface area contributed by atoms with Crippen LogP contribution in [0.15, 0.2) is 60.8 Å². The minimum absolute atomic E-state index is 0.148. The predicted octanol–water partition coefficient (Wildman–Crippen LogP) is 15.6. The van der Waals surface area contributed by atoms with Gasteiger partial charge >= 0.3 is 25.7 Å². The monoisotopic (exact) mass is 979 g/mol. The van der Waals surface area contributed by atoms with Gasteiger partial charge in [0, 0.05) is 19.3 Å². The lowest BCUT2D eigenvalue weighted by molar-refractivity contribution is -0.161. The van der Waals surface area contributed by atoms with Gasteiger partial charge in [0.15, 0.2) is 6.10 Å². The van der Waals surface area contributed by atoms with Crippen molar-refractivity contribution in [1.29, 1.82) is 0 Å². The maximum Gasteiger partial charge on any atom is 0.472 e. The Hall–Kier alpha value is -2.82. The van der Waals surface area contributed by atoms with E-state index in [1.807, 2.05) is 0 Å². The number of phosphoric acid groups is 1. The molecule has 11 nitrogen and oxygen atoms in total. The van der Waals surface area contributed by atoms with Gasteiger partial charge in [0.25, 0.3) is 0 Å². The van der Waals surface area contributed by atoms with Crippen molar-refractivity contribution in [2.24, 2.45) is 0 Å². The van der Waals surface area contributed by atoms with Crippen molar-refractivity contribution in [2.75, 3.05) is 26.4 Å². The second-order valence-electron chi connectivity index (χ2n) is 18.0. The van der Waals surface area contributed by atoms with E-state index in [4.69, 9.17) is 23.3 Å². The van der Waals surface area contributed by atoms with Gasteiger partial charge in [0.05, 0.1) is 19.8 Å². The molecule has 0 bridgehead atoms. The van der Waals surface area contributed by atoms with E-state index in [9.17, 15) is 28.9 Å². The maximum atomic E-state index is 12.9. The first-order valence-electron chi connectivity index (χ1n) is 27.2. The summed E-state index contributed by atoms with van der Waals surface area (Å²) in [7, 11) is -4.75. The Morgan fingerprint density at radius 3 is 1.24 bits per heavy atom. The largest absolute Gasteiger partial charge is 0.472 e. The topological polar surface area (TPSA) is 155 Å². The number of hydrogen-bond acceptors (Lipinski definition) is 10. The molecule has 0 aliphatic rings. The Bertz CT molecular complexity index is 1370. The van der Waals surface area contributed by atoms with Gasteiger partial charge in [-0.3, -0.25) is 23.4 Å². The Morgan fingerprint density at radius 2 is 0.794 bits per heavy atom. The highest BCUT2D eigenvalue weighted by Crippen LogP contribution is 2.43. The number of unbranched alkanes of at least 4 members (excludes halogenated alkanes) is 23. The number of carbonyl (C=O) groups is 3.